The highest BCUT2D eigenvalue weighted by atomic mass is 19.1. The molecule has 0 saturated heterocycles. The van der Waals surface area contributed by atoms with Crippen LogP contribution in [0.1, 0.15) is 0 Å². The van der Waals surface area contributed by atoms with Crippen LogP contribution in [0.2, 0.25) is 0 Å². The third-order valence-corrected chi connectivity index (χ3v) is 3.12. The van der Waals surface area contributed by atoms with E-state index < -0.39 is 23.6 Å². The van der Waals surface area contributed by atoms with Gasteiger partial charge in [-0.25, -0.2) is 8.78 Å². The summed E-state index contributed by atoms with van der Waals surface area (Å²) >= 11 is 0. The van der Waals surface area contributed by atoms with Crippen molar-refractivity contribution in [3.05, 3.63) is 54.1 Å². The maximum atomic E-state index is 13.5. The fraction of sp³-hybridized carbons (Fsp3) is 0.133. The predicted molar refractivity (Wildman–Crippen MR) is 74.3 cm³/mol. The zero-order valence-electron chi connectivity index (χ0n) is 10.9. The maximum absolute atomic E-state index is 13.5. The van der Waals surface area contributed by atoms with Crippen LogP contribution in [0.5, 0.6) is 5.75 Å². The molecule has 21 heavy (non-hydrogen) atoms. The van der Waals surface area contributed by atoms with E-state index in [1.165, 1.54) is 6.07 Å². The van der Waals surface area contributed by atoms with Gasteiger partial charge in [0.15, 0.2) is 6.10 Å². The van der Waals surface area contributed by atoms with E-state index in [1.54, 1.807) is 12.1 Å². The molecule has 0 radical (unpaired) electrons. The molecule has 1 atom stereocenters. The van der Waals surface area contributed by atoms with Crippen LogP contribution in [0.3, 0.4) is 0 Å². The van der Waals surface area contributed by atoms with Gasteiger partial charge in [0.05, 0.1) is 17.9 Å². The van der Waals surface area contributed by atoms with Crippen molar-refractivity contribution >= 4 is 17.3 Å². The van der Waals surface area contributed by atoms with Gasteiger partial charge < -0.3 is 15.4 Å². The lowest BCUT2D eigenvalue weighted by Gasteiger charge is -2.26. The molecule has 1 amide bonds. The number of rotatable bonds is 2. The molecule has 0 fully saturated rings. The third kappa shape index (κ3) is 2.79. The summed E-state index contributed by atoms with van der Waals surface area (Å²) in [4.78, 5) is 12.1. The molecule has 6 heteroatoms. The fourth-order valence-electron chi connectivity index (χ4n) is 2.06. The van der Waals surface area contributed by atoms with Crippen LogP contribution >= 0.6 is 0 Å². The molecule has 108 valence electrons. The lowest BCUT2D eigenvalue weighted by atomic mass is 10.2. The molecule has 1 aliphatic rings. The average molecular weight is 290 g/mol. The zero-order valence-corrected chi connectivity index (χ0v) is 10.9. The molecule has 1 aliphatic heterocycles. The van der Waals surface area contributed by atoms with Crippen molar-refractivity contribution in [2.45, 2.75) is 6.10 Å². The van der Waals surface area contributed by atoms with Crippen molar-refractivity contribution in [1.82, 2.24) is 0 Å². The molecule has 0 spiro atoms. The Morgan fingerprint density at radius 2 is 2.05 bits per heavy atom. The number of hydrogen-bond donors (Lipinski definition) is 2. The average Bonchev–Trinajstić information content (AvgIpc) is 2.49. The van der Waals surface area contributed by atoms with E-state index in [9.17, 15) is 13.6 Å². The predicted octanol–water partition coefficient (Wildman–Crippen LogP) is 2.78. The molecule has 0 bridgehead atoms. The molecule has 1 unspecified atom stereocenters. The number of amides is 1. The Hall–Kier alpha value is -2.63. The van der Waals surface area contributed by atoms with Gasteiger partial charge in [-0.15, -0.1) is 0 Å². The molecule has 3 rings (SSSR count). The standard InChI is InChI=1S/C15H12F2N2O2/c16-9-5-6-11(10(17)7-9)19-15(20)14-8-18-12-3-1-2-4-13(12)21-14/h1-7,14,18H,8H2,(H,19,20). The van der Waals surface area contributed by atoms with Gasteiger partial charge in [0.25, 0.3) is 5.91 Å². The molecule has 4 nitrogen and oxygen atoms in total. The highest BCUT2D eigenvalue weighted by molar-refractivity contribution is 5.95. The van der Waals surface area contributed by atoms with Crippen LogP contribution in [0.25, 0.3) is 0 Å². The van der Waals surface area contributed by atoms with Gasteiger partial charge in [-0.2, -0.15) is 0 Å². The Kier molecular flexibility index (Phi) is 3.43. The molecule has 1 heterocycles. The first kappa shape index (κ1) is 13.4. The normalized spacial score (nSPS) is 16.4. The number of nitrogens with one attached hydrogen (secondary N) is 2. The number of halogens is 2. The van der Waals surface area contributed by atoms with Crippen molar-refractivity contribution in [3.8, 4) is 5.75 Å². The van der Waals surface area contributed by atoms with E-state index in [0.29, 0.717) is 11.8 Å². The lowest BCUT2D eigenvalue weighted by molar-refractivity contribution is -0.122. The Bertz CT molecular complexity index is 691. The quantitative estimate of drug-likeness (QED) is 0.894. The van der Waals surface area contributed by atoms with Crippen molar-refractivity contribution in [3.63, 3.8) is 0 Å². The second-order valence-corrected chi connectivity index (χ2v) is 4.60. The molecular weight excluding hydrogens is 278 g/mol. The summed E-state index contributed by atoms with van der Waals surface area (Å²) in [6, 6.07) is 10.2. The van der Waals surface area contributed by atoms with Gasteiger partial charge in [-0.3, -0.25) is 4.79 Å². The van der Waals surface area contributed by atoms with E-state index >= 15 is 0 Å². The van der Waals surface area contributed by atoms with Crippen LogP contribution in [0.15, 0.2) is 42.5 Å². The number of ether oxygens (including phenoxy) is 1. The molecule has 2 aromatic rings. The largest absolute Gasteiger partial charge is 0.477 e. The summed E-state index contributed by atoms with van der Waals surface area (Å²) in [6.07, 6.45) is -0.788. The minimum absolute atomic E-state index is 0.0798. The van der Waals surface area contributed by atoms with Gasteiger partial charge in [-0.1, -0.05) is 12.1 Å². The molecule has 0 aromatic heterocycles. The van der Waals surface area contributed by atoms with E-state index in [4.69, 9.17) is 4.74 Å². The molecule has 2 aromatic carbocycles. The second kappa shape index (κ2) is 5.40. The summed E-state index contributed by atoms with van der Waals surface area (Å²) in [5.74, 6) is -1.46. The third-order valence-electron chi connectivity index (χ3n) is 3.12. The summed E-state index contributed by atoms with van der Waals surface area (Å²) in [5.41, 5.74) is 0.721. The first-order chi connectivity index (χ1) is 10.1. The highest BCUT2D eigenvalue weighted by Gasteiger charge is 2.26. The van der Waals surface area contributed by atoms with Crippen molar-refractivity contribution in [2.75, 3.05) is 17.2 Å². The Labute approximate surface area is 119 Å². The monoisotopic (exact) mass is 290 g/mol. The first-order valence-corrected chi connectivity index (χ1v) is 6.39. The smallest absolute Gasteiger partial charge is 0.267 e. The summed E-state index contributed by atoms with van der Waals surface area (Å²) in [5, 5.41) is 5.46. The van der Waals surface area contributed by atoms with E-state index in [0.717, 1.165) is 11.8 Å². The summed E-state index contributed by atoms with van der Waals surface area (Å²) in [7, 11) is 0. The van der Waals surface area contributed by atoms with Gasteiger partial charge in [0.2, 0.25) is 0 Å². The Morgan fingerprint density at radius 1 is 1.24 bits per heavy atom. The van der Waals surface area contributed by atoms with E-state index in [-0.39, 0.29) is 12.2 Å². The van der Waals surface area contributed by atoms with Crippen LogP contribution in [-0.2, 0) is 4.79 Å². The molecular formula is C15H12F2N2O2. The summed E-state index contributed by atoms with van der Waals surface area (Å²) < 4.78 is 31.9. The Morgan fingerprint density at radius 3 is 2.86 bits per heavy atom. The number of anilines is 2. The highest BCUT2D eigenvalue weighted by Crippen LogP contribution is 2.28. The molecule has 0 saturated carbocycles. The molecule has 0 aliphatic carbocycles. The number of para-hydroxylation sites is 2. The van der Waals surface area contributed by atoms with Crippen LogP contribution in [-0.4, -0.2) is 18.6 Å². The second-order valence-electron chi connectivity index (χ2n) is 4.60. The number of hydrogen-bond acceptors (Lipinski definition) is 3. The topological polar surface area (TPSA) is 50.4 Å². The van der Waals surface area contributed by atoms with E-state index in [1.807, 2.05) is 12.1 Å². The van der Waals surface area contributed by atoms with Crippen molar-refractivity contribution < 1.29 is 18.3 Å². The minimum atomic E-state index is -0.826. The lowest BCUT2D eigenvalue weighted by Crippen LogP contribution is -2.41. The molecule has 2 N–H and O–H groups in total. The van der Waals surface area contributed by atoms with Gasteiger partial charge in [0.1, 0.15) is 17.4 Å². The summed E-state index contributed by atoms with van der Waals surface area (Å²) in [6.45, 7) is 0.270. The van der Waals surface area contributed by atoms with Crippen molar-refractivity contribution in [1.29, 1.82) is 0 Å². The number of benzene rings is 2. The van der Waals surface area contributed by atoms with Gasteiger partial charge in [-0.05, 0) is 24.3 Å². The van der Waals surface area contributed by atoms with Crippen LogP contribution in [0, 0.1) is 11.6 Å². The minimum Gasteiger partial charge on any atom is -0.477 e. The zero-order chi connectivity index (χ0) is 14.8. The van der Waals surface area contributed by atoms with E-state index in [2.05, 4.69) is 10.6 Å². The SMILES string of the molecule is O=C(Nc1ccc(F)cc1F)C1CNc2ccccc2O1. The number of carbonyl (C=O) groups is 1. The Balaban J connectivity index is 1.72. The van der Waals surface area contributed by atoms with Gasteiger partial charge in [0, 0.05) is 6.07 Å². The fourth-order valence-corrected chi connectivity index (χ4v) is 2.06. The maximum Gasteiger partial charge on any atom is 0.267 e. The number of fused-ring (bicyclic) bond motifs is 1. The van der Waals surface area contributed by atoms with Crippen LogP contribution in [0.4, 0.5) is 20.2 Å². The van der Waals surface area contributed by atoms with Crippen LogP contribution < -0.4 is 15.4 Å². The number of carbonyl (C=O) groups excluding carboxylic acids is 1. The van der Waals surface area contributed by atoms with Crippen molar-refractivity contribution in [2.24, 2.45) is 0 Å². The first-order valence-electron chi connectivity index (χ1n) is 6.39. The van der Waals surface area contributed by atoms with Gasteiger partial charge >= 0.3 is 0 Å².